The summed E-state index contributed by atoms with van der Waals surface area (Å²) in [6, 6.07) is 12.2. The number of anilines is 1. The van der Waals surface area contributed by atoms with E-state index in [4.69, 9.17) is 0 Å². The highest BCUT2D eigenvalue weighted by Crippen LogP contribution is 2.31. The van der Waals surface area contributed by atoms with Gasteiger partial charge in [0.15, 0.2) is 5.75 Å². The molecule has 0 fully saturated rings. The molecule has 0 aromatic heterocycles. The number of para-hydroxylation sites is 2. The maximum Gasteiger partial charge on any atom is 0.573 e. The number of alkyl halides is 3. The standard InChI is InChI=1S/C13H10F3NO3S/c14-13(15,16)20-12-9-5-4-8-11(12)17-21(18,19)10-6-2-1-3-7-10/h1-9,17H. The molecule has 2 rings (SSSR count). The minimum atomic E-state index is -4.91. The fraction of sp³-hybridized carbons (Fsp3) is 0.0769. The highest BCUT2D eigenvalue weighted by Gasteiger charge is 2.32. The van der Waals surface area contributed by atoms with Crippen LogP contribution in [0.4, 0.5) is 18.9 Å². The molecule has 21 heavy (non-hydrogen) atoms. The molecule has 0 saturated heterocycles. The Morgan fingerprint density at radius 3 is 2.10 bits per heavy atom. The molecule has 0 aliphatic rings. The summed E-state index contributed by atoms with van der Waals surface area (Å²) >= 11 is 0. The Kier molecular flexibility index (Phi) is 4.08. The van der Waals surface area contributed by atoms with Crippen LogP contribution in [0.3, 0.4) is 0 Å². The molecule has 0 atom stereocenters. The van der Waals surface area contributed by atoms with Crippen LogP contribution in [0.2, 0.25) is 0 Å². The first-order chi connectivity index (χ1) is 9.78. The van der Waals surface area contributed by atoms with Crippen LogP contribution in [0.5, 0.6) is 5.75 Å². The summed E-state index contributed by atoms with van der Waals surface area (Å²) in [6.45, 7) is 0. The second kappa shape index (κ2) is 5.65. The number of halogens is 3. The zero-order chi connectivity index (χ0) is 15.5. The highest BCUT2D eigenvalue weighted by atomic mass is 32.2. The number of hydrogen-bond acceptors (Lipinski definition) is 3. The van der Waals surface area contributed by atoms with Gasteiger partial charge >= 0.3 is 6.36 Å². The number of sulfonamides is 1. The van der Waals surface area contributed by atoms with E-state index in [0.717, 1.165) is 6.07 Å². The van der Waals surface area contributed by atoms with E-state index in [1.807, 2.05) is 0 Å². The van der Waals surface area contributed by atoms with E-state index < -0.39 is 22.1 Å². The molecule has 2 aromatic carbocycles. The molecule has 0 heterocycles. The van der Waals surface area contributed by atoms with Crippen molar-refractivity contribution in [2.75, 3.05) is 4.72 Å². The molecule has 2 aromatic rings. The lowest BCUT2D eigenvalue weighted by Gasteiger charge is -2.14. The first-order valence-corrected chi connectivity index (χ1v) is 7.19. The molecule has 0 radical (unpaired) electrons. The lowest BCUT2D eigenvalue weighted by atomic mass is 10.3. The molecule has 4 nitrogen and oxygen atoms in total. The number of ether oxygens (including phenoxy) is 1. The van der Waals surface area contributed by atoms with E-state index in [0.29, 0.717) is 0 Å². The minimum absolute atomic E-state index is 0.0631. The predicted molar refractivity (Wildman–Crippen MR) is 70.4 cm³/mol. The largest absolute Gasteiger partial charge is 0.573 e. The van der Waals surface area contributed by atoms with E-state index in [2.05, 4.69) is 9.46 Å². The number of benzene rings is 2. The third-order valence-corrected chi connectivity index (χ3v) is 3.79. The quantitative estimate of drug-likeness (QED) is 0.940. The Labute approximate surface area is 119 Å². The molecule has 0 aliphatic heterocycles. The van der Waals surface area contributed by atoms with Crippen LogP contribution in [-0.4, -0.2) is 14.8 Å². The van der Waals surface area contributed by atoms with Crippen LogP contribution < -0.4 is 9.46 Å². The van der Waals surface area contributed by atoms with Gasteiger partial charge in [-0.2, -0.15) is 0 Å². The molecular weight excluding hydrogens is 307 g/mol. The Morgan fingerprint density at radius 2 is 1.48 bits per heavy atom. The predicted octanol–water partition coefficient (Wildman–Crippen LogP) is 3.39. The van der Waals surface area contributed by atoms with Gasteiger partial charge in [-0.3, -0.25) is 4.72 Å². The fourth-order valence-electron chi connectivity index (χ4n) is 1.57. The van der Waals surface area contributed by atoms with Gasteiger partial charge in [-0.1, -0.05) is 30.3 Å². The number of nitrogens with one attached hydrogen (secondary N) is 1. The molecule has 0 bridgehead atoms. The van der Waals surface area contributed by atoms with Gasteiger partial charge in [0.05, 0.1) is 10.6 Å². The molecule has 0 spiro atoms. The van der Waals surface area contributed by atoms with Crippen LogP contribution in [0, 0.1) is 0 Å². The fourth-order valence-corrected chi connectivity index (χ4v) is 2.66. The van der Waals surface area contributed by atoms with Crippen molar-refractivity contribution in [3.8, 4) is 5.75 Å². The van der Waals surface area contributed by atoms with Crippen molar-refractivity contribution in [2.45, 2.75) is 11.3 Å². The Balaban J connectivity index is 2.32. The van der Waals surface area contributed by atoms with Crippen LogP contribution in [0.25, 0.3) is 0 Å². The van der Waals surface area contributed by atoms with Crippen molar-refractivity contribution < 1.29 is 26.3 Å². The van der Waals surface area contributed by atoms with Gasteiger partial charge in [-0.25, -0.2) is 8.42 Å². The van der Waals surface area contributed by atoms with E-state index in [-0.39, 0.29) is 10.6 Å². The smallest absolute Gasteiger partial charge is 0.404 e. The molecule has 8 heteroatoms. The summed E-state index contributed by atoms with van der Waals surface area (Å²) in [5.74, 6) is -0.621. The second-order valence-electron chi connectivity index (χ2n) is 3.96. The van der Waals surface area contributed by atoms with Gasteiger partial charge < -0.3 is 4.74 Å². The molecule has 0 aliphatic carbocycles. The van der Waals surface area contributed by atoms with E-state index in [1.54, 1.807) is 6.07 Å². The SMILES string of the molecule is O=S(=O)(Nc1ccccc1OC(F)(F)F)c1ccccc1. The first kappa shape index (κ1) is 15.2. The maximum absolute atomic E-state index is 12.3. The van der Waals surface area contributed by atoms with Gasteiger partial charge in [-0.05, 0) is 24.3 Å². The summed E-state index contributed by atoms with van der Waals surface area (Å²) in [4.78, 5) is -0.0631. The lowest BCUT2D eigenvalue weighted by Crippen LogP contribution is -2.19. The maximum atomic E-state index is 12.3. The normalized spacial score (nSPS) is 12.0. The molecular formula is C13H10F3NO3S. The Morgan fingerprint density at radius 1 is 0.905 bits per heavy atom. The van der Waals surface area contributed by atoms with E-state index >= 15 is 0 Å². The average molecular weight is 317 g/mol. The van der Waals surface area contributed by atoms with Gasteiger partial charge in [0.25, 0.3) is 10.0 Å². The zero-order valence-corrected chi connectivity index (χ0v) is 11.3. The van der Waals surface area contributed by atoms with Crippen LogP contribution >= 0.6 is 0 Å². The molecule has 112 valence electrons. The molecule has 1 N–H and O–H groups in total. The van der Waals surface area contributed by atoms with Crippen LogP contribution in [0.1, 0.15) is 0 Å². The number of rotatable bonds is 4. The van der Waals surface area contributed by atoms with Crippen LogP contribution in [0.15, 0.2) is 59.5 Å². The summed E-state index contributed by atoms with van der Waals surface area (Å²) < 4.78 is 66.8. The van der Waals surface area contributed by atoms with Gasteiger partial charge in [-0.15, -0.1) is 13.2 Å². The second-order valence-corrected chi connectivity index (χ2v) is 5.64. The zero-order valence-electron chi connectivity index (χ0n) is 10.5. The third-order valence-electron chi connectivity index (χ3n) is 2.41. The highest BCUT2D eigenvalue weighted by molar-refractivity contribution is 7.92. The topological polar surface area (TPSA) is 55.4 Å². The van der Waals surface area contributed by atoms with Crippen molar-refractivity contribution in [1.29, 1.82) is 0 Å². The van der Waals surface area contributed by atoms with Gasteiger partial charge in [0, 0.05) is 0 Å². The third kappa shape index (κ3) is 4.12. The van der Waals surface area contributed by atoms with Crippen molar-refractivity contribution in [1.82, 2.24) is 0 Å². The van der Waals surface area contributed by atoms with Crippen LogP contribution in [-0.2, 0) is 10.0 Å². The minimum Gasteiger partial charge on any atom is -0.404 e. The summed E-state index contributed by atoms with van der Waals surface area (Å²) in [5, 5.41) is 0. The Bertz CT molecular complexity index is 715. The summed E-state index contributed by atoms with van der Waals surface area (Å²) in [5.41, 5.74) is -0.293. The van der Waals surface area contributed by atoms with Crippen molar-refractivity contribution in [3.05, 3.63) is 54.6 Å². The van der Waals surface area contributed by atoms with Gasteiger partial charge in [0.1, 0.15) is 0 Å². The first-order valence-electron chi connectivity index (χ1n) is 5.70. The van der Waals surface area contributed by atoms with Crippen molar-refractivity contribution in [2.24, 2.45) is 0 Å². The summed E-state index contributed by atoms with van der Waals surface area (Å²) in [6.07, 6.45) is -4.91. The summed E-state index contributed by atoms with van der Waals surface area (Å²) in [7, 11) is -3.99. The van der Waals surface area contributed by atoms with Crippen molar-refractivity contribution in [3.63, 3.8) is 0 Å². The average Bonchev–Trinajstić information content (AvgIpc) is 2.40. The number of hydrogen-bond donors (Lipinski definition) is 1. The van der Waals surface area contributed by atoms with Crippen molar-refractivity contribution >= 4 is 15.7 Å². The van der Waals surface area contributed by atoms with E-state index in [9.17, 15) is 21.6 Å². The van der Waals surface area contributed by atoms with Gasteiger partial charge in [0.2, 0.25) is 0 Å². The monoisotopic (exact) mass is 317 g/mol. The Hall–Kier alpha value is -2.22. The molecule has 0 saturated carbocycles. The van der Waals surface area contributed by atoms with E-state index in [1.165, 1.54) is 42.5 Å². The molecule has 0 amide bonds. The molecule has 0 unspecified atom stereocenters. The lowest BCUT2D eigenvalue weighted by molar-refractivity contribution is -0.274.